The lowest BCUT2D eigenvalue weighted by Crippen LogP contribution is -2.35. The van der Waals surface area contributed by atoms with Crippen LogP contribution >= 0.6 is 0 Å². The number of aryl methyl sites for hydroxylation is 2. The topological polar surface area (TPSA) is 31.9 Å². The summed E-state index contributed by atoms with van der Waals surface area (Å²) in [5.74, 6) is 0.577. The average molecular weight is 319 g/mol. The smallest absolute Gasteiger partial charge is 0.129 e. The summed E-state index contributed by atoms with van der Waals surface area (Å²) in [6.07, 6.45) is 5.87. The number of nitrogens with zero attached hydrogens (tertiary/aromatic N) is 2. The highest BCUT2D eigenvalue weighted by Crippen LogP contribution is 2.23. The summed E-state index contributed by atoms with van der Waals surface area (Å²) in [6, 6.07) is 3.88. The molecule has 2 aromatic rings. The first kappa shape index (κ1) is 16.1. The quantitative estimate of drug-likeness (QED) is 0.908. The third-order valence-electron chi connectivity index (χ3n) is 4.59. The molecule has 124 valence electrons. The van der Waals surface area contributed by atoms with Gasteiger partial charge in [0.15, 0.2) is 0 Å². The van der Waals surface area contributed by atoms with Gasteiger partial charge in [-0.3, -0.25) is 4.90 Å². The molecule has 1 aliphatic rings. The minimum Gasteiger partial charge on any atom is -0.345 e. The Bertz CT molecular complexity index is 653. The molecule has 1 aromatic heterocycles. The van der Waals surface area contributed by atoms with Crippen molar-refractivity contribution in [1.29, 1.82) is 0 Å². The molecule has 1 aliphatic heterocycles. The van der Waals surface area contributed by atoms with Crippen molar-refractivity contribution < 1.29 is 8.78 Å². The summed E-state index contributed by atoms with van der Waals surface area (Å²) < 4.78 is 26.7. The van der Waals surface area contributed by atoms with E-state index in [1.54, 1.807) is 6.07 Å². The number of hydrogen-bond acceptors (Lipinski definition) is 2. The van der Waals surface area contributed by atoms with Crippen molar-refractivity contribution in [2.75, 3.05) is 13.1 Å². The molecule has 1 fully saturated rings. The molecule has 3 nitrogen and oxygen atoms in total. The number of nitrogens with one attached hydrogen (secondary N) is 1. The van der Waals surface area contributed by atoms with Gasteiger partial charge in [0.05, 0.1) is 0 Å². The number of H-pyrrole nitrogens is 1. The Morgan fingerprint density at radius 3 is 2.96 bits per heavy atom. The number of benzene rings is 1. The molecular weight excluding hydrogens is 296 g/mol. The van der Waals surface area contributed by atoms with E-state index in [0.29, 0.717) is 17.9 Å². The van der Waals surface area contributed by atoms with Gasteiger partial charge in [-0.2, -0.15) is 0 Å². The summed E-state index contributed by atoms with van der Waals surface area (Å²) in [5.41, 5.74) is 1.76. The highest BCUT2D eigenvalue weighted by atomic mass is 19.1. The summed E-state index contributed by atoms with van der Waals surface area (Å²) in [5, 5.41) is 0. The molecule has 1 aromatic carbocycles. The number of likely N-dealkylation sites (tertiary alicyclic amines) is 1. The van der Waals surface area contributed by atoms with Gasteiger partial charge in [0, 0.05) is 31.0 Å². The molecule has 1 atom stereocenters. The van der Waals surface area contributed by atoms with Gasteiger partial charge in [0.1, 0.15) is 17.5 Å². The highest BCUT2D eigenvalue weighted by molar-refractivity contribution is 5.18. The van der Waals surface area contributed by atoms with Gasteiger partial charge in [0.2, 0.25) is 0 Å². The molecule has 5 heteroatoms. The Labute approximate surface area is 135 Å². The highest BCUT2D eigenvalue weighted by Gasteiger charge is 2.20. The summed E-state index contributed by atoms with van der Waals surface area (Å²) in [6.45, 7) is 4.97. The average Bonchev–Trinajstić information content (AvgIpc) is 2.92. The fourth-order valence-corrected chi connectivity index (χ4v) is 3.41. The number of hydrogen-bond donors (Lipinski definition) is 1. The SMILES string of the molecule is Cc1ncc(CN2CCC[C@@H](CCc3ccc(F)cc3F)C2)[nH]1. The Morgan fingerprint density at radius 1 is 1.35 bits per heavy atom. The van der Waals surface area contributed by atoms with Crippen LogP contribution in [0.15, 0.2) is 24.4 Å². The standard InChI is InChI=1S/C18H23F2N3/c1-13-21-10-17(22-13)12-23-8-2-3-14(11-23)4-5-15-6-7-16(19)9-18(15)20/h6-7,9-10,14H,2-5,8,11-12H2,1H3,(H,21,22)/t14-/m0/s1. The predicted octanol–water partition coefficient (Wildman–Crippen LogP) is 3.84. The normalized spacial score (nSPS) is 19.2. The number of aromatic amines is 1. The van der Waals surface area contributed by atoms with Crippen molar-refractivity contribution in [3.63, 3.8) is 0 Å². The molecule has 0 saturated carbocycles. The minimum atomic E-state index is -0.509. The van der Waals surface area contributed by atoms with Crippen LogP contribution in [0.4, 0.5) is 8.78 Å². The number of rotatable bonds is 5. The van der Waals surface area contributed by atoms with E-state index in [2.05, 4.69) is 14.9 Å². The zero-order valence-electron chi connectivity index (χ0n) is 13.5. The van der Waals surface area contributed by atoms with Gasteiger partial charge in [-0.25, -0.2) is 13.8 Å². The van der Waals surface area contributed by atoms with E-state index >= 15 is 0 Å². The molecule has 0 bridgehead atoms. The van der Waals surface area contributed by atoms with Crippen molar-refractivity contribution in [2.24, 2.45) is 5.92 Å². The lowest BCUT2D eigenvalue weighted by atomic mass is 9.91. The fourth-order valence-electron chi connectivity index (χ4n) is 3.41. The molecule has 23 heavy (non-hydrogen) atoms. The largest absolute Gasteiger partial charge is 0.345 e. The van der Waals surface area contributed by atoms with E-state index in [4.69, 9.17) is 0 Å². The molecule has 0 aliphatic carbocycles. The summed E-state index contributed by atoms with van der Waals surface area (Å²) in [4.78, 5) is 9.94. The van der Waals surface area contributed by atoms with Crippen LogP contribution in [-0.4, -0.2) is 28.0 Å². The molecule has 0 radical (unpaired) electrons. The second kappa shape index (κ2) is 7.21. The molecule has 3 rings (SSSR count). The van der Waals surface area contributed by atoms with Crippen molar-refractivity contribution in [1.82, 2.24) is 14.9 Å². The van der Waals surface area contributed by atoms with Gasteiger partial charge in [-0.1, -0.05) is 6.07 Å². The van der Waals surface area contributed by atoms with E-state index in [1.165, 1.54) is 18.9 Å². The maximum Gasteiger partial charge on any atom is 0.129 e. The Morgan fingerprint density at radius 2 is 2.22 bits per heavy atom. The molecular formula is C18H23F2N3. The van der Waals surface area contributed by atoms with E-state index in [-0.39, 0.29) is 0 Å². The maximum atomic E-state index is 13.7. The van der Waals surface area contributed by atoms with Crippen molar-refractivity contribution in [3.8, 4) is 0 Å². The minimum absolute atomic E-state index is 0.425. The molecule has 0 unspecified atom stereocenters. The van der Waals surface area contributed by atoms with Crippen LogP contribution in [0.3, 0.4) is 0 Å². The van der Waals surface area contributed by atoms with Crippen LogP contribution in [0, 0.1) is 24.5 Å². The first-order valence-corrected chi connectivity index (χ1v) is 8.27. The van der Waals surface area contributed by atoms with Gasteiger partial charge in [0.25, 0.3) is 0 Å². The Balaban J connectivity index is 1.52. The van der Waals surface area contributed by atoms with Crippen molar-refractivity contribution >= 4 is 0 Å². The van der Waals surface area contributed by atoms with Crippen LogP contribution in [0.2, 0.25) is 0 Å². The second-order valence-electron chi connectivity index (χ2n) is 6.51. The van der Waals surface area contributed by atoms with Crippen molar-refractivity contribution in [2.45, 2.75) is 39.2 Å². The molecule has 2 heterocycles. The second-order valence-corrected chi connectivity index (χ2v) is 6.51. The Kier molecular flexibility index (Phi) is 5.06. The third-order valence-corrected chi connectivity index (χ3v) is 4.59. The van der Waals surface area contributed by atoms with Crippen molar-refractivity contribution in [3.05, 3.63) is 53.1 Å². The Hall–Kier alpha value is -1.75. The lowest BCUT2D eigenvalue weighted by molar-refractivity contribution is 0.160. The summed E-state index contributed by atoms with van der Waals surface area (Å²) >= 11 is 0. The monoisotopic (exact) mass is 319 g/mol. The van der Waals surface area contributed by atoms with E-state index in [1.807, 2.05) is 13.1 Å². The van der Waals surface area contributed by atoms with Gasteiger partial charge < -0.3 is 4.98 Å². The number of aromatic nitrogens is 2. The zero-order chi connectivity index (χ0) is 16.2. The molecule has 1 N–H and O–H groups in total. The predicted molar refractivity (Wildman–Crippen MR) is 86.0 cm³/mol. The third kappa shape index (κ3) is 4.38. The number of imidazole rings is 1. The molecule has 0 amide bonds. The fraction of sp³-hybridized carbons (Fsp3) is 0.500. The van der Waals surface area contributed by atoms with E-state index in [0.717, 1.165) is 43.6 Å². The van der Waals surface area contributed by atoms with Crippen LogP contribution in [0.1, 0.15) is 36.3 Å². The van der Waals surface area contributed by atoms with Crippen LogP contribution in [-0.2, 0) is 13.0 Å². The van der Waals surface area contributed by atoms with Crippen LogP contribution < -0.4 is 0 Å². The van der Waals surface area contributed by atoms with Gasteiger partial charge in [-0.05, 0) is 56.7 Å². The number of halogens is 2. The lowest BCUT2D eigenvalue weighted by Gasteiger charge is -2.32. The number of piperidine rings is 1. The summed E-state index contributed by atoms with van der Waals surface area (Å²) in [7, 11) is 0. The molecule has 0 spiro atoms. The van der Waals surface area contributed by atoms with Gasteiger partial charge in [-0.15, -0.1) is 0 Å². The molecule has 1 saturated heterocycles. The first-order valence-electron chi connectivity index (χ1n) is 8.27. The zero-order valence-corrected chi connectivity index (χ0v) is 13.5. The van der Waals surface area contributed by atoms with Gasteiger partial charge >= 0.3 is 0 Å². The van der Waals surface area contributed by atoms with Crippen LogP contribution in [0.25, 0.3) is 0 Å². The van der Waals surface area contributed by atoms with E-state index < -0.39 is 11.6 Å². The first-order chi connectivity index (χ1) is 11.1. The van der Waals surface area contributed by atoms with E-state index in [9.17, 15) is 8.78 Å². The van der Waals surface area contributed by atoms with Crippen LogP contribution in [0.5, 0.6) is 0 Å². The maximum absolute atomic E-state index is 13.7.